The summed E-state index contributed by atoms with van der Waals surface area (Å²) < 4.78 is 36.5. The van der Waals surface area contributed by atoms with Crippen molar-refractivity contribution in [3.63, 3.8) is 0 Å². The van der Waals surface area contributed by atoms with Crippen molar-refractivity contribution in [1.82, 2.24) is 0 Å². The zero-order valence-electron chi connectivity index (χ0n) is 17.3. The van der Waals surface area contributed by atoms with Crippen molar-refractivity contribution in [2.45, 2.75) is 103 Å². The summed E-state index contributed by atoms with van der Waals surface area (Å²) in [6.45, 7) is 2.22. The third-order valence-electron chi connectivity index (χ3n) is 4.84. The van der Waals surface area contributed by atoms with Crippen LogP contribution < -0.4 is 0 Å². The van der Waals surface area contributed by atoms with Crippen molar-refractivity contribution in [1.29, 1.82) is 0 Å². The van der Waals surface area contributed by atoms with Crippen molar-refractivity contribution in [2.24, 2.45) is 5.92 Å². The van der Waals surface area contributed by atoms with E-state index in [1.165, 1.54) is 38.5 Å². The summed E-state index contributed by atoms with van der Waals surface area (Å²) in [7, 11) is -4.61. The lowest BCUT2D eigenvalue weighted by atomic mass is 10.0. The van der Waals surface area contributed by atoms with Gasteiger partial charge in [-0.15, -0.1) is 0 Å². The fourth-order valence-electron chi connectivity index (χ4n) is 3.13. The van der Waals surface area contributed by atoms with Gasteiger partial charge in [-0.25, -0.2) is 8.78 Å². The number of hydrogen-bond acceptors (Lipinski definition) is 2. The van der Waals surface area contributed by atoms with E-state index in [9.17, 15) is 18.1 Å². The van der Waals surface area contributed by atoms with Crippen LogP contribution >= 0.6 is 7.60 Å². The van der Waals surface area contributed by atoms with Crippen molar-refractivity contribution in [3.05, 3.63) is 12.2 Å². The lowest BCUT2D eigenvalue weighted by molar-refractivity contribution is -0.126. The molecule has 0 saturated carbocycles. The summed E-state index contributed by atoms with van der Waals surface area (Å²) in [6.07, 6.45) is 14.8. The molecule has 0 aromatic carbocycles. The molecule has 1 atom stereocenters. The standard InChI is InChI=1S/C21H39F2O4P/c1-2-3-4-5-6-7-8-9-10-11-12-13-14-15-16-17-20(24)19(21(22)23)18-28(25,26)27/h9-10,19,21H,2-8,11-18H2,1H3,(H2,25,26,27)/t19-/m1/s1. The van der Waals surface area contributed by atoms with Gasteiger partial charge in [-0.3, -0.25) is 9.36 Å². The number of allylic oxidation sites excluding steroid dienone is 2. The van der Waals surface area contributed by atoms with Crippen LogP contribution in [-0.4, -0.2) is 28.2 Å². The number of Topliss-reactive ketones (excluding diaryl/α,β-unsaturated/α-hetero) is 1. The van der Waals surface area contributed by atoms with Gasteiger partial charge in [0.05, 0.1) is 12.1 Å². The number of halogens is 2. The second-order valence-corrected chi connectivity index (χ2v) is 9.28. The van der Waals surface area contributed by atoms with Gasteiger partial charge in [-0.1, -0.05) is 70.4 Å². The van der Waals surface area contributed by atoms with Crippen LogP contribution in [0.2, 0.25) is 0 Å². The number of rotatable bonds is 19. The van der Waals surface area contributed by atoms with Gasteiger partial charge in [0.2, 0.25) is 6.43 Å². The minimum atomic E-state index is -4.61. The third-order valence-corrected chi connectivity index (χ3v) is 5.71. The molecule has 0 fully saturated rings. The summed E-state index contributed by atoms with van der Waals surface area (Å²) in [5, 5.41) is 0. The largest absolute Gasteiger partial charge is 0.326 e. The van der Waals surface area contributed by atoms with Crippen LogP contribution in [-0.2, 0) is 9.36 Å². The SMILES string of the molecule is CCCCCCCCC=CCCCCCCCC(=O)[C@@H](CP(=O)(O)O)C(F)F. The highest BCUT2D eigenvalue weighted by Gasteiger charge is 2.33. The van der Waals surface area contributed by atoms with Crippen LogP contribution in [0.25, 0.3) is 0 Å². The predicted molar refractivity (Wildman–Crippen MR) is 111 cm³/mol. The number of hydrogen-bond donors (Lipinski definition) is 2. The molecule has 0 aromatic rings. The summed E-state index contributed by atoms with van der Waals surface area (Å²) in [6, 6.07) is 0. The van der Waals surface area contributed by atoms with Crippen LogP contribution in [0.3, 0.4) is 0 Å². The molecule has 7 heteroatoms. The second-order valence-electron chi connectivity index (χ2n) is 7.59. The highest BCUT2D eigenvalue weighted by Crippen LogP contribution is 2.39. The van der Waals surface area contributed by atoms with E-state index in [2.05, 4.69) is 19.1 Å². The van der Waals surface area contributed by atoms with E-state index < -0.39 is 31.9 Å². The molecule has 4 nitrogen and oxygen atoms in total. The van der Waals surface area contributed by atoms with Crippen molar-refractivity contribution in [3.8, 4) is 0 Å². The van der Waals surface area contributed by atoms with Gasteiger partial charge in [0.1, 0.15) is 5.78 Å². The van der Waals surface area contributed by atoms with E-state index in [1.54, 1.807) is 0 Å². The molecule has 0 bridgehead atoms. The Kier molecular flexibility index (Phi) is 16.9. The van der Waals surface area contributed by atoms with Crippen LogP contribution in [0.4, 0.5) is 8.78 Å². The zero-order chi connectivity index (χ0) is 21.3. The van der Waals surface area contributed by atoms with Crippen molar-refractivity contribution >= 4 is 13.4 Å². The fraction of sp³-hybridized carbons (Fsp3) is 0.857. The van der Waals surface area contributed by atoms with Gasteiger partial charge in [0, 0.05) is 6.42 Å². The second kappa shape index (κ2) is 17.3. The Labute approximate surface area is 169 Å². The number of ketones is 1. The minimum Gasteiger partial charge on any atom is -0.324 e. The molecule has 0 aliphatic heterocycles. The first-order valence-electron chi connectivity index (χ1n) is 10.8. The van der Waals surface area contributed by atoms with Crippen molar-refractivity contribution in [2.75, 3.05) is 6.16 Å². The van der Waals surface area contributed by atoms with Gasteiger partial charge < -0.3 is 9.79 Å². The summed E-state index contributed by atoms with van der Waals surface area (Å²) in [5.74, 6) is -2.59. The van der Waals surface area contributed by atoms with Gasteiger partial charge in [0.25, 0.3) is 0 Å². The first-order valence-corrected chi connectivity index (χ1v) is 12.6. The molecule has 0 rings (SSSR count). The Morgan fingerprint density at radius 3 is 1.79 bits per heavy atom. The van der Waals surface area contributed by atoms with Gasteiger partial charge in [-0.05, 0) is 32.1 Å². The molecule has 0 unspecified atom stereocenters. The summed E-state index contributed by atoms with van der Waals surface area (Å²) in [4.78, 5) is 29.4. The molecule has 2 N–H and O–H groups in total. The molecule has 0 aliphatic carbocycles. The van der Waals surface area contributed by atoms with E-state index in [-0.39, 0.29) is 6.42 Å². The number of carbonyl (C=O) groups excluding carboxylic acids is 1. The van der Waals surface area contributed by atoms with Gasteiger partial charge in [-0.2, -0.15) is 0 Å². The highest BCUT2D eigenvalue weighted by molar-refractivity contribution is 7.51. The van der Waals surface area contributed by atoms with Crippen LogP contribution in [0.15, 0.2) is 12.2 Å². The third kappa shape index (κ3) is 17.5. The molecule has 0 radical (unpaired) electrons. The lowest BCUT2D eigenvalue weighted by Gasteiger charge is -2.15. The molecule has 0 amide bonds. The van der Waals surface area contributed by atoms with E-state index in [0.29, 0.717) is 6.42 Å². The molecular formula is C21H39F2O4P. The first-order chi connectivity index (χ1) is 13.3. The molecule has 0 heterocycles. The van der Waals surface area contributed by atoms with Crippen LogP contribution in [0.5, 0.6) is 0 Å². The Bertz CT molecular complexity index is 463. The predicted octanol–water partition coefficient (Wildman–Crippen LogP) is 6.65. The van der Waals surface area contributed by atoms with E-state index in [4.69, 9.17) is 9.79 Å². The maximum Gasteiger partial charge on any atom is 0.326 e. The molecule has 0 aromatic heterocycles. The van der Waals surface area contributed by atoms with Gasteiger partial charge >= 0.3 is 7.60 Å². The monoisotopic (exact) mass is 424 g/mol. The number of unbranched alkanes of at least 4 members (excludes halogenated alkanes) is 11. The molecule has 0 aliphatic rings. The normalized spacial score (nSPS) is 13.5. The maximum atomic E-state index is 12.8. The highest BCUT2D eigenvalue weighted by atomic mass is 31.2. The van der Waals surface area contributed by atoms with E-state index in [1.807, 2.05) is 0 Å². The van der Waals surface area contributed by atoms with Gasteiger partial charge in [0.15, 0.2) is 0 Å². The number of carbonyl (C=O) groups is 1. The van der Waals surface area contributed by atoms with Crippen LogP contribution in [0, 0.1) is 5.92 Å². The number of alkyl halides is 2. The lowest BCUT2D eigenvalue weighted by Crippen LogP contribution is -2.26. The molecule has 166 valence electrons. The quantitative estimate of drug-likeness (QED) is 0.138. The Hall–Kier alpha value is -0.580. The molecule has 28 heavy (non-hydrogen) atoms. The van der Waals surface area contributed by atoms with Crippen molar-refractivity contribution < 1.29 is 27.9 Å². The molecule has 0 saturated heterocycles. The zero-order valence-corrected chi connectivity index (χ0v) is 18.2. The Morgan fingerprint density at radius 2 is 1.32 bits per heavy atom. The van der Waals surface area contributed by atoms with E-state index >= 15 is 0 Å². The Balaban J connectivity index is 3.61. The summed E-state index contributed by atoms with van der Waals surface area (Å²) >= 11 is 0. The minimum absolute atomic E-state index is 0.0346. The summed E-state index contributed by atoms with van der Waals surface area (Å²) in [5.41, 5.74) is 0. The Morgan fingerprint density at radius 1 is 0.857 bits per heavy atom. The average molecular weight is 425 g/mol. The average Bonchev–Trinajstić information content (AvgIpc) is 2.61. The molecule has 0 spiro atoms. The van der Waals surface area contributed by atoms with Crippen LogP contribution in [0.1, 0.15) is 96.8 Å². The molecular weight excluding hydrogens is 385 g/mol. The maximum absolute atomic E-state index is 12.8. The first kappa shape index (κ1) is 27.4. The van der Waals surface area contributed by atoms with E-state index in [0.717, 1.165) is 38.5 Å². The fourth-order valence-corrected chi connectivity index (χ4v) is 4.01. The topological polar surface area (TPSA) is 74.6 Å². The smallest absolute Gasteiger partial charge is 0.324 e.